The number of hydrogen-bond acceptors (Lipinski definition) is 4. The van der Waals surface area contributed by atoms with Crippen molar-refractivity contribution in [1.29, 1.82) is 0 Å². The van der Waals surface area contributed by atoms with Crippen LogP contribution < -0.4 is 10.6 Å². The Morgan fingerprint density at radius 2 is 1.72 bits per heavy atom. The molecule has 3 aromatic carbocycles. The van der Waals surface area contributed by atoms with Gasteiger partial charge in [0.15, 0.2) is 0 Å². The fourth-order valence-corrected chi connectivity index (χ4v) is 3.29. The molecule has 8 heteroatoms. The van der Waals surface area contributed by atoms with Gasteiger partial charge in [0.1, 0.15) is 18.0 Å². The molecule has 4 aromatic rings. The predicted octanol–water partition coefficient (Wildman–Crippen LogP) is 6.02. The van der Waals surface area contributed by atoms with Gasteiger partial charge in [-0.05, 0) is 83.3 Å². The molecule has 0 aliphatic rings. The summed E-state index contributed by atoms with van der Waals surface area (Å²) in [5.41, 5.74) is 2.46. The van der Waals surface area contributed by atoms with Crippen LogP contribution in [0.25, 0.3) is 10.9 Å². The molecule has 1 heterocycles. The quantitative estimate of drug-likeness (QED) is 0.325. The Bertz CT molecular complexity index is 1220. The lowest BCUT2D eigenvalue weighted by molar-refractivity contribution is 0.102. The zero-order valence-electron chi connectivity index (χ0n) is 14.8. The van der Waals surface area contributed by atoms with Crippen LogP contribution in [0.4, 0.5) is 21.6 Å². The van der Waals surface area contributed by atoms with Crippen LogP contribution in [0.1, 0.15) is 10.4 Å². The lowest BCUT2D eigenvalue weighted by Gasteiger charge is -2.11. The van der Waals surface area contributed by atoms with E-state index < -0.39 is 5.82 Å². The van der Waals surface area contributed by atoms with Crippen molar-refractivity contribution in [3.05, 3.63) is 87.0 Å². The third-order valence-corrected chi connectivity index (χ3v) is 5.19. The Balaban J connectivity index is 1.64. The number of amides is 1. The van der Waals surface area contributed by atoms with E-state index in [2.05, 4.69) is 43.2 Å². The molecule has 4 rings (SSSR count). The summed E-state index contributed by atoms with van der Waals surface area (Å²) in [6, 6.07) is 17.0. The molecule has 5 nitrogen and oxygen atoms in total. The van der Waals surface area contributed by atoms with E-state index in [1.54, 1.807) is 36.4 Å². The standard InChI is InChI=1S/C21H13ClFIN4O/c22-17-10-15(5-7-18(17)23)27-20-16-9-14(6-8-19(16)25-11-26-20)28-21(29)12-1-3-13(24)4-2-12/h1-11H,(H,28,29)(H,25,26,27)/i24-2. The molecule has 1 amide bonds. The second-order valence-electron chi connectivity index (χ2n) is 6.17. The van der Waals surface area contributed by atoms with Crippen LogP contribution in [0.5, 0.6) is 0 Å². The minimum absolute atomic E-state index is 0.0128. The van der Waals surface area contributed by atoms with E-state index in [1.807, 2.05) is 12.1 Å². The molecule has 144 valence electrons. The number of rotatable bonds is 4. The van der Waals surface area contributed by atoms with Crippen molar-refractivity contribution in [3.8, 4) is 0 Å². The van der Waals surface area contributed by atoms with Gasteiger partial charge in [0.2, 0.25) is 0 Å². The zero-order chi connectivity index (χ0) is 20.4. The normalized spacial score (nSPS) is 10.7. The van der Waals surface area contributed by atoms with Crippen LogP contribution in [0.3, 0.4) is 0 Å². The summed E-state index contributed by atoms with van der Waals surface area (Å²) in [5.74, 6) is -0.189. The van der Waals surface area contributed by atoms with E-state index in [0.29, 0.717) is 33.7 Å². The van der Waals surface area contributed by atoms with Gasteiger partial charge in [-0.1, -0.05) is 11.6 Å². The minimum atomic E-state index is -0.495. The lowest BCUT2D eigenvalue weighted by Crippen LogP contribution is -2.11. The molecular weight excluding hydrogens is 504 g/mol. The first-order chi connectivity index (χ1) is 14.0. The van der Waals surface area contributed by atoms with Gasteiger partial charge in [0, 0.05) is 25.9 Å². The fraction of sp³-hybridized carbons (Fsp3) is 0. The average molecular weight is 517 g/mol. The summed E-state index contributed by atoms with van der Waals surface area (Å²) in [5, 5.41) is 6.71. The Hall–Kier alpha value is -2.78. The number of halogens is 3. The predicted molar refractivity (Wildman–Crippen MR) is 121 cm³/mol. The number of nitrogens with zero attached hydrogens (tertiary/aromatic N) is 2. The SMILES string of the molecule is O=C(Nc1ccc2ncnc(Nc3ccc(F)c(Cl)c3)c2c1)c1ccc([125I])cc1. The summed E-state index contributed by atoms with van der Waals surface area (Å²) in [6.45, 7) is 0. The first-order valence-electron chi connectivity index (χ1n) is 8.53. The van der Waals surface area contributed by atoms with E-state index >= 15 is 0 Å². The maximum Gasteiger partial charge on any atom is 0.255 e. The molecule has 0 unspecified atom stereocenters. The number of carbonyl (C=O) groups is 1. The second kappa shape index (κ2) is 8.30. The van der Waals surface area contributed by atoms with E-state index in [4.69, 9.17) is 11.6 Å². The minimum Gasteiger partial charge on any atom is -0.340 e. The first-order valence-corrected chi connectivity index (χ1v) is 9.99. The Kier molecular flexibility index (Phi) is 5.59. The molecule has 0 fully saturated rings. The van der Waals surface area contributed by atoms with Gasteiger partial charge in [-0.3, -0.25) is 4.79 Å². The molecular formula is C21H13ClFIN4O. The van der Waals surface area contributed by atoms with E-state index in [-0.39, 0.29) is 10.9 Å². The van der Waals surface area contributed by atoms with Crippen molar-refractivity contribution in [1.82, 2.24) is 9.97 Å². The number of anilines is 3. The highest BCUT2D eigenvalue weighted by Crippen LogP contribution is 2.28. The van der Waals surface area contributed by atoms with E-state index in [1.165, 1.54) is 18.5 Å². The number of carbonyl (C=O) groups excluding carboxylic acids is 1. The number of fused-ring (bicyclic) bond motifs is 1. The molecule has 0 radical (unpaired) electrons. The largest absolute Gasteiger partial charge is 0.340 e. The second-order valence-corrected chi connectivity index (χ2v) is 7.82. The lowest BCUT2D eigenvalue weighted by atomic mass is 10.1. The molecule has 0 aliphatic heterocycles. The monoisotopic (exact) mass is 516 g/mol. The summed E-state index contributed by atoms with van der Waals surface area (Å²) in [6.07, 6.45) is 1.43. The van der Waals surface area contributed by atoms with Crippen molar-refractivity contribution in [2.24, 2.45) is 0 Å². The first kappa shape index (κ1) is 19.5. The Morgan fingerprint density at radius 3 is 2.48 bits per heavy atom. The fourth-order valence-electron chi connectivity index (χ4n) is 2.75. The van der Waals surface area contributed by atoms with Crippen molar-refractivity contribution in [2.75, 3.05) is 10.6 Å². The van der Waals surface area contributed by atoms with Crippen molar-refractivity contribution < 1.29 is 9.18 Å². The molecule has 0 saturated carbocycles. The van der Waals surface area contributed by atoms with E-state index in [0.717, 1.165) is 3.57 Å². The summed E-state index contributed by atoms with van der Waals surface area (Å²) in [4.78, 5) is 21.0. The third-order valence-electron chi connectivity index (χ3n) is 4.18. The van der Waals surface area contributed by atoms with Gasteiger partial charge in [-0.15, -0.1) is 0 Å². The summed E-state index contributed by atoms with van der Waals surface area (Å²) in [7, 11) is 0. The zero-order valence-corrected chi connectivity index (χ0v) is 17.7. The van der Waals surface area contributed by atoms with Gasteiger partial charge in [-0.2, -0.15) is 0 Å². The summed E-state index contributed by atoms with van der Waals surface area (Å²) < 4.78 is 14.5. The van der Waals surface area contributed by atoms with E-state index in [9.17, 15) is 9.18 Å². The smallest absolute Gasteiger partial charge is 0.255 e. The van der Waals surface area contributed by atoms with Crippen LogP contribution in [0.2, 0.25) is 5.02 Å². The topological polar surface area (TPSA) is 66.9 Å². The maximum atomic E-state index is 13.4. The Morgan fingerprint density at radius 1 is 0.966 bits per heavy atom. The molecule has 2 N–H and O–H groups in total. The van der Waals surface area contributed by atoms with Gasteiger partial charge in [-0.25, -0.2) is 14.4 Å². The molecule has 0 bridgehead atoms. The molecule has 0 spiro atoms. The maximum absolute atomic E-state index is 13.4. The highest BCUT2D eigenvalue weighted by atomic mass is 125. The molecule has 0 saturated heterocycles. The van der Waals surface area contributed by atoms with Crippen LogP contribution in [-0.4, -0.2) is 15.9 Å². The Labute approximate surface area is 184 Å². The summed E-state index contributed by atoms with van der Waals surface area (Å²) >= 11 is 8.04. The van der Waals surface area contributed by atoms with Crippen LogP contribution in [-0.2, 0) is 0 Å². The van der Waals surface area contributed by atoms with Crippen molar-refractivity contribution in [2.45, 2.75) is 0 Å². The van der Waals surface area contributed by atoms with Gasteiger partial charge in [0.05, 0.1) is 10.5 Å². The molecule has 29 heavy (non-hydrogen) atoms. The van der Waals surface area contributed by atoms with Crippen LogP contribution in [0.15, 0.2) is 67.0 Å². The van der Waals surface area contributed by atoms with Gasteiger partial charge in [0.25, 0.3) is 5.91 Å². The number of aromatic nitrogens is 2. The molecule has 1 aromatic heterocycles. The van der Waals surface area contributed by atoms with Gasteiger partial charge >= 0.3 is 0 Å². The average Bonchev–Trinajstić information content (AvgIpc) is 2.71. The number of hydrogen-bond donors (Lipinski definition) is 2. The van der Waals surface area contributed by atoms with Crippen molar-refractivity contribution in [3.63, 3.8) is 0 Å². The van der Waals surface area contributed by atoms with Crippen molar-refractivity contribution >= 4 is 68.2 Å². The molecule has 0 aliphatic carbocycles. The van der Waals surface area contributed by atoms with Crippen LogP contribution >= 0.6 is 34.2 Å². The van der Waals surface area contributed by atoms with Crippen LogP contribution in [0, 0.1) is 9.39 Å². The molecule has 0 atom stereocenters. The van der Waals surface area contributed by atoms with Gasteiger partial charge < -0.3 is 10.6 Å². The number of benzene rings is 3. The highest BCUT2D eigenvalue weighted by molar-refractivity contribution is 14.1. The highest BCUT2D eigenvalue weighted by Gasteiger charge is 2.10. The number of nitrogens with one attached hydrogen (secondary N) is 2. The third kappa shape index (κ3) is 4.46.